The van der Waals surface area contributed by atoms with E-state index in [0.29, 0.717) is 24.4 Å². The van der Waals surface area contributed by atoms with Crippen LogP contribution in [0.2, 0.25) is 0 Å². The summed E-state index contributed by atoms with van der Waals surface area (Å²) < 4.78 is 53.1. The van der Waals surface area contributed by atoms with E-state index < -0.39 is 26.6 Å². The summed E-state index contributed by atoms with van der Waals surface area (Å²) in [5.41, 5.74) is 0. The number of alkyl halides is 1. The van der Waals surface area contributed by atoms with Gasteiger partial charge in [0.1, 0.15) is 16.5 Å². The van der Waals surface area contributed by atoms with Crippen molar-refractivity contribution < 1.29 is 17.2 Å². The fourth-order valence-electron chi connectivity index (χ4n) is 2.20. The molecule has 0 bridgehead atoms. The summed E-state index contributed by atoms with van der Waals surface area (Å²) in [5.74, 6) is -1.81. The van der Waals surface area contributed by atoms with E-state index in [4.69, 9.17) is 0 Å². The van der Waals surface area contributed by atoms with Crippen LogP contribution in [0, 0.1) is 11.6 Å². The van der Waals surface area contributed by atoms with Crippen molar-refractivity contribution in [3.05, 3.63) is 29.8 Å². The third kappa shape index (κ3) is 3.20. The molecule has 0 aromatic heterocycles. The standard InChI is InChI=1S/C13H16BrF2NO2S/c14-7-2-8-17(11-3-1-4-11)20(18,19)13-6-5-10(15)9-12(13)16/h5-6,9,11H,1-4,7-8H2. The van der Waals surface area contributed by atoms with Gasteiger partial charge >= 0.3 is 0 Å². The van der Waals surface area contributed by atoms with E-state index >= 15 is 0 Å². The molecule has 0 spiro atoms. The molecular formula is C13H16BrF2NO2S. The van der Waals surface area contributed by atoms with Crippen LogP contribution >= 0.6 is 15.9 Å². The van der Waals surface area contributed by atoms with Crippen LogP contribution in [0.5, 0.6) is 0 Å². The molecule has 0 atom stereocenters. The van der Waals surface area contributed by atoms with Gasteiger partial charge in [0.25, 0.3) is 0 Å². The Morgan fingerprint density at radius 2 is 2.00 bits per heavy atom. The molecule has 1 saturated carbocycles. The fourth-order valence-corrected chi connectivity index (χ4v) is 4.22. The van der Waals surface area contributed by atoms with Crippen molar-refractivity contribution in [2.24, 2.45) is 0 Å². The summed E-state index contributed by atoms with van der Waals surface area (Å²) in [6.45, 7) is 0.342. The van der Waals surface area contributed by atoms with Crippen molar-refractivity contribution in [1.29, 1.82) is 0 Å². The molecule has 0 heterocycles. The zero-order valence-corrected chi connectivity index (χ0v) is 13.3. The Hall–Kier alpha value is -0.530. The van der Waals surface area contributed by atoms with E-state index in [1.54, 1.807) is 0 Å². The molecule has 20 heavy (non-hydrogen) atoms. The highest BCUT2D eigenvalue weighted by molar-refractivity contribution is 9.09. The maximum Gasteiger partial charge on any atom is 0.246 e. The summed E-state index contributed by atoms with van der Waals surface area (Å²) in [7, 11) is -3.91. The van der Waals surface area contributed by atoms with Crippen LogP contribution < -0.4 is 0 Å². The second-order valence-electron chi connectivity index (χ2n) is 4.82. The van der Waals surface area contributed by atoms with Crippen LogP contribution in [0.1, 0.15) is 25.7 Å². The third-order valence-electron chi connectivity index (χ3n) is 3.47. The summed E-state index contributed by atoms with van der Waals surface area (Å²) in [6, 6.07) is 2.51. The first-order chi connectivity index (χ1) is 9.46. The van der Waals surface area contributed by atoms with Gasteiger partial charge in [0, 0.05) is 24.0 Å². The predicted octanol–water partition coefficient (Wildman–Crippen LogP) is 3.29. The highest BCUT2D eigenvalue weighted by Gasteiger charge is 2.35. The minimum Gasteiger partial charge on any atom is -0.207 e. The van der Waals surface area contributed by atoms with Crippen LogP contribution in [0.4, 0.5) is 8.78 Å². The van der Waals surface area contributed by atoms with Gasteiger partial charge in [-0.2, -0.15) is 4.31 Å². The molecule has 1 aliphatic rings. The minimum atomic E-state index is -3.91. The van der Waals surface area contributed by atoms with Gasteiger partial charge in [-0.3, -0.25) is 0 Å². The number of nitrogens with zero attached hydrogens (tertiary/aromatic N) is 1. The first-order valence-corrected chi connectivity index (χ1v) is 9.06. The molecule has 0 radical (unpaired) electrons. The quantitative estimate of drug-likeness (QED) is 0.723. The van der Waals surface area contributed by atoms with Crippen molar-refractivity contribution in [2.75, 3.05) is 11.9 Å². The van der Waals surface area contributed by atoms with Crippen molar-refractivity contribution in [3.8, 4) is 0 Å². The van der Waals surface area contributed by atoms with Gasteiger partial charge in [-0.15, -0.1) is 0 Å². The normalized spacial score (nSPS) is 16.4. The van der Waals surface area contributed by atoms with Crippen LogP contribution in [0.15, 0.2) is 23.1 Å². The average Bonchev–Trinajstić information content (AvgIpc) is 2.31. The number of sulfonamides is 1. The maximum absolute atomic E-state index is 13.8. The SMILES string of the molecule is O=S(=O)(c1ccc(F)cc1F)N(CCCBr)C1CCC1. The lowest BCUT2D eigenvalue weighted by Crippen LogP contribution is -2.45. The van der Waals surface area contributed by atoms with Gasteiger partial charge in [0.15, 0.2) is 0 Å². The van der Waals surface area contributed by atoms with Crippen LogP contribution in [0.25, 0.3) is 0 Å². The molecule has 0 saturated heterocycles. The molecule has 3 nitrogen and oxygen atoms in total. The van der Waals surface area contributed by atoms with Gasteiger partial charge in [-0.25, -0.2) is 17.2 Å². The molecule has 0 unspecified atom stereocenters. The van der Waals surface area contributed by atoms with Crippen LogP contribution in [-0.4, -0.2) is 30.6 Å². The second kappa shape index (κ2) is 6.49. The predicted molar refractivity (Wildman–Crippen MR) is 76.3 cm³/mol. The van der Waals surface area contributed by atoms with Gasteiger partial charge in [0.05, 0.1) is 0 Å². The summed E-state index contributed by atoms with van der Waals surface area (Å²) in [4.78, 5) is -0.444. The topological polar surface area (TPSA) is 37.4 Å². The van der Waals surface area contributed by atoms with Crippen molar-refractivity contribution in [1.82, 2.24) is 4.31 Å². The molecule has 1 aliphatic carbocycles. The molecule has 0 N–H and O–H groups in total. The van der Waals surface area contributed by atoms with Crippen molar-refractivity contribution in [3.63, 3.8) is 0 Å². The Kier molecular flexibility index (Phi) is 5.14. The van der Waals surface area contributed by atoms with Gasteiger partial charge in [-0.1, -0.05) is 22.4 Å². The summed E-state index contributed by atoms with van der Waals surface area (Å²) in [6.07, 6.45) is 3.23. The fraction of sp³-hybridized carbons (Fsp3) is 0.538. The first kappa shape index (κ1) is 15.9. The highest BCUT2D eigenvalue weighted by atomic mass is 79.9. The average molecular weight is 368 g/mol. The molecule has 1 aromatic rings. The van der Waals surface area contributed by atoms with E-state index in [1.807, 2.05) is 0 Å². The van der Waals surface area contributed by atoms with E-state index in [9.17, 15) is 17.2 Å². The van der Waals surface area contributed by atoms with Crippen LogP contribution in [0.3, 0.4) is 0 Å². The Bertz CT molecular complexity index is 576. The van der Waals surface area contributed by atoms with E-state index in [2.05, 4.69) is 15.9 Å². The van der Waals surface area contributed by atoms with Crippen LogP contribution in [-0.2, 0) is 10.0 Å². The Morgan fingerprint density at radius 3 is 2.50 bits per heavy atom. The molecule has 7 heteroatoms. The monoisotopic (exact) mass is 367 g/mol. The Balaban J connectivity index is 2.33. The molecule has 1 fully saturated rings. The largest absolute Gasteiger partial charge is 0.246 e. The Labute approximate surface area is 126 Å². The lowest BCUT2D eigenvalue weighted by molar-refractivity contribution is 0.219. The molecule has 112 valence electrons. The lowest BCUT2D eigenvalue weighted by Gasteiger charge is -2.36. The third-order valence-corrected chi connectivity index (χ3v) is 6.02. The molecule has 2 rings (SSSR count). The number of hydrogen-bond donors (Lipinski definition) is 0. The number of halogens is 3. The highest BCUT2D eigenvalue weighted by Crippen LogP contribution is 2.31. The second-order valence-corrected chi connectivity index (χ2v) is 7.47. The van der Waals surface area contributed by atoms with Gasteiger partial charge in [-0.05, 0) is 31.4 Å². The van der Waals surface area contributed by atoms with E-state index in [0.717, 1.165) is 31.4 Å². The number of hydrogen-bond acceptors (Lipinski definition) is 2. The van der Waals surface area contributed by atoms with Gasteiger partial charge in [0.2, 0.25) is 10.0 Å². The molecule has 0 amide bonds. The number of rotatable bonds is 6. The smallest absolute Gasteiger partial charge is 0.207 e. The zero-order valence-electron chi connectivity index (χ0n) is 10.9. The lowest BCUT2D eigenvalue weighted by atomic mass is 9.93. The summed E-state index contributed by atoms with van der Waals surface area (Å²) >= 11 is 3.27. The minimum absolute atomic E-state index is 0.0662. The van der Waals surface area contributed by atoms with E-state index in [-0.39, 0.29) is 6.04 Å². The summed E-state index contributed by atoms with van der Waals surface area (Å²) in [5, 5.41) is 0.678. The van der Waals surface area contributed by atoms with Crippen molar-refractivity contribution in [2.45, 2.75) is 36.6 Å². The zero-order chi connectivity index (χ0) is 14.8. The first-order valence-electron chi connectivity index (χ1n) is 6.49. The van der Waals surface area contributed by atoms with E-state index in [1.165, 1.54) is 4.31 Å². The van der Waals surface area contributed by atoms with Gasteiger partial charge < -0.3 is 0 Å². The Morgan fingerprint density at radius 1 is 1.30 bits per heavy atom. The number of benzene rings is 1. The van der Waals surface area contributed by atoms with Crippen molar-refractivity contribution >= 4 is 26.0 Å². The molecular weight excluding hydrogens is 352 g/mol. The maximum atomic E-state index is 13.8. The molecule has 1 aromatic carbocycles. The molecule has 0 aliphatic heterocycles.